The van der Waals surface area contributed by atoms with Crippen molar-refractivity contribution in [3.05, 3.63) is 47.4 Å². The van der Waals surface area contributed by atoms with Gasteiger partial charge in [0.15, 0.2) is 11.5 Å². The second kappa shape index (κ2) is 4.44. The number of hydrogen-bond acceptors (Lipinski definition) is 4. The van der Waals surface area contributed by atoms with Gasteiger partial charge in [0, 0.05) is 23.9 Å². The zero-order valence-electron chi connectivity index (χ0n) is 11.0. The first-order valence-electron chi connectivity index (χ1n) is 6.18. The molecule has 2 N–H and O–H groups in total. The molecule has 3 rings (SSSR count). The van der Waals surface area contributed by atoms with Crippen LogP contribution in [0.2, 0.25) is 0 Å². The second-order valence-electron chi connectivity index (χ2n) is 4.56. The summed E-state index contributed by atoms with van der Waals surface area (Å²) in [7, 11) is 0. The fraction of sp³-hybridized carbons (Fsp3) is 0.214. The van der Waals surface area contributed by atoms with Gasteiger partial charge in [-0.25, -0.2) is 4.98 Å². The first-order valence-corrected chi connectivity index (χ1v) is 6.18. The Morgan fingerprint density at radius 3 is 2.53 bits per heavy atom. The molecule has 19 heavy (non-hydrogen) atoms. The molecule has 0 fully saturated rings. The van der Waals surface area contributed by atoms with E-state index in [1.165, 1.54) is 0 Å². The zero-order chi connectivity index (χ0) is 13.4. The number of aromatic nitrogens is 4. The molecule has 0 aliphatic heterocycles. The molecule has 2 aromatic heterocycles. The molecule has 0 atom stereocenters. The Balaban J connectivity index is 2.19. The fourth-order valence-electron chi connectivity index (χ4n) is 2.21. The fourth-order valence-corrected chi connectivity index (χ4v) is 2.21. The molecule has 0 aliphatic carbocycles. The van der Waals surface area contributed by atoms with Crippen LogP contribution in [0.4, 0.5) is 0 Å². The summed E-state index contributed by atoms with van der Waals surface area (Å²) >= 11 is 0. The van der Waals surface area contributed by atoms with Gasteiger partial charge in [-0.3, -0.25) is 4.40 Å². The molecule has 0 saturated carbocycles. The predicted molar refractivity (Wildman–Crippen MR) is 73.6 cm³/mol. The van der Waals surface area contributed by atoms with Crippen molar-refractivity contribution in [1.82, 2.24) is 19.6 Å². The third-order valence-corrected chi connectivity index (χ3v) is 3.14. The number of aryl methyl sites for hydroxylation is 2. The summed E-state index contributed by atoms with van der Waals surface area (Å²) < 4.78 is 1.96. The van der Waals surface area contributed by atoms with Gasteiger partial charge < -0.3 is 5.73 Å². The highest BCUT2D eigenvalue weighted by Crippen LogP contribution is 2.20. The Morgan fingerprint density at radius 2 is 1.84 bits per heavy atom. The third-order valence-electron chi connectivity index (χ3n) is 3.14. The summed E-state index contributed by atoms with van der Waals surface area (Å²) in [5.74, 6) is 1.70. The molecule has 0 amide bonds. The number of benzene rings is 1. The lowest BCUT2D eigenvalue weighted by molar-refractivity contribution is 0.961. The average Bonchev–Trinajstić information content (AvgIpc) is 2.83. The van der Waals surface area contributed by atoms with Crippen molar-refractivity contribution < 1.29 is 0 Å². The van der Waals surface area contributed by atoms with E-state index in [4.69, 9.17) is 5.73 Å². The predicted octanol–water partition coefficient (Wildman–Crippen LogP) is 1.87. The van der Waals surface area contributed by atoms with Crippen LogP contribution in [-0.2, 0) is 6.54 Å². The van der Waals surface area contributed by atoms with Gasteiger partial charge in [0.1, 0.15) is 5.82 Å². The largest absolute Gasteiger partial charge is 0.326 e. The van der Waals surface area contributed by atoms with Crippen molar-refractivity contribution in [2.24, 2.45) is 5.73 Å². The molecular formula is C14H15N5. The minimum absolute atomic E-state index is 0.542. The maximum absolute atomic E-state index is 5.61. The van der Waals surface area contributed by atoms with Crippen LogP contribution in [0.3, 0.4) is 0 Å². The third kappa shape index (κ3) is 1.98. The number of rotatable bonds is 2. The van der Waals surface area contributed by atoms with Gasteiger partial charge in [0.25, 0.3) is 0 Å². The summed E-state index contributed by atoms with van der Waals surface area (Å²) in [6.45, 7) is 4.46. The van der Waals surface area contributed by atoms with Gasteiger partial charge in [-0.1, -0.05) is 24.3 Å². The quantitative estimate of drug-likeness (QED) is 0.757. The van der Waals surface area contributed by atoms with Crippen molar-refractivity contribution in [1.29, 1.82) is 0 Å². The summed E-state index contributed by atoms with van der Waals surface area (Å²) in [5.41, 5.74) is 9.49. The molecule has 0 radical (unpaired) electrons. The van der Waals surface area contributed by atoms with Crippen LogP contribution >= 0.6 is 0 Å². The lowest BCUT2D eigenvalue weighted by atomic mass is 10.1. The molecule has 0 saturated heterocycles. The lowest BCUT2D eigenvalue weighted by Crippen LogP contribution is -2.00. The van der Waals surface area contributed by atoms with Crippen molar-refractivity contribution in [3.8, 4) is 11.4 Å². The van der Waals surface area contributed by atoms with Crippen molar-refractivity contribution in [2.75, 3.05) is 0 Å². The smallest absolute Gasteiger partial charge is 0.169 e. The minimum atomic E-state index is 0.542. The standard InChI is InChI=1S/C14H15N5/c1-9-7-13-17-18-14(19(13)10(2)16-9)12-5-3-11(8-15)4-6-12/h3-7H,8,15H2,1-2H3. The van der Waals surface area contributed by atoms with Gasteiger partial charge in [-0.15, -0.1) is 10.2 Å². The topological polar surface area (TPSA) is 69.1 Å². The Kier molecular flexibility index (Phi) is 2.76. The van der Waals surface area contributed by atoms with Crippen molar-refractivity contribution >= 4 is 5.65 Å². The normalized spacial score (nSPS) is 11.1. The molecule has 0 bridgehead atoms. The maximum Gasteiger partial charge on any atom is 0.169 e. The van der Waals surface area contributed by atoms with Gasteiger partial charge in [0.2, 0.25) is 0 Å². The molecule has 96 valence electrons. The number of hydrogen-bond donors (Lipinski definition) is 1. The highest BCUT2D eigenvalue weighted by atomic mass is 15.3. The monoisotopic (exact) mass is 253 g/mol. The Hall–Kier alpha value is -2.27. The van der Waals surface area contributed by atoms with Gasteiger partial charge in [-0.2, -0.15) is 0 Å². The first kappa shape index (κ1) is 11.8. The first-order chi connectivity index (χ1) is 9.19. The summed E-state index contributed by atoms with van der Waals surface area (Å²) in [6.07, 6.45) is 0. The highest BCUT2D eigenvalue weighted by Gasteiger charge is 2.11. The van der Waals surface area contributed by atoms with Crippen LogP contribution in [0.5, 0.6) is 0 Å². The van der Waals surface area contributed by atoms with Crippen molar-refractivity contribution in [3.63, 3.8) is 0 Å². The minimum Gasteiger partial charge on any atom is -0.326 e. The molecular weight excluding hydrogens is 238 g/mol. The number of nitrogens with two attached hydrogens (primary N) is 1. The lowest BCUT2D eigenvalue weighted by Gasteiger charge is -2.05. The van der Waals surface area contributed by atoms with Crippen LogP contribution in [0.1, 0.15) is 17.1 Å². The Labute approximate surface area is 111 Å². The van der Waals surface area contributed by atoms with Gasteiger partial charge >= 0.3 is 0 Å². The van der Waals surface area contributed by atoms with E-state index in [1.54, 1.807) is 0 Å². The number of nitrogens with zero attached hydrogens (tertiary/aromatic N) is 4. The molecule has 3 aromatic rings. The van der Waals surface area contributed by atoms with Crippen LogP contribution in [0.15, 0.2) is 30.3 Å². The van der Waals surface area contributed by atoms with E-state index >= 15 is 0 Å². The molecule has 5 nitrogen and oxygen atoms in total. The molecule has 5 heteroatoms. The van der Waals surface area contributed by atoms with Crippen LogP contribution < -0.4 is 5.73 Å². The van der Waals surface area contributed by atoms with Gasteiger partial charge in [0.05, 0.1) is 0 Å². The van der Waals surface area contributed by atoms with E-state index < -0.39 is 0 Å². The highest BCUT2D eigenvalue weighted by molar-refractivity contribution is 5.60. The van der Waals surface area contributed by atoms with Crippen LogP contribution in [-0.4, -0.2) is 19.6 Å². The van der Waals surface area contributed by atoms with E-state index in [0.29, 0.717) is 6.54 Å². The van der Waals surface area contributed by atoms with Crippen LogP contribution in [0.25, 0.3) is 17.0 Å². The molecule has 0 unspecified atom stereocenters. The zero-order valence-corrected chi connectivity index (χ0v) is 11.0. The van der Waals surface area contributed by atoms with Gasteiger partial charge in [-0.05, 0) is 19.4 Å². The average molecular weight is 253 g/mol. The Morgan fingerprint density at radius 1 is 1.11 bits per heavy atom. The molecule has 2 heterocycles. The van der Waals surface area contributed by atoms with Crippen molar-refractivity contribution in [2.45, 2.75) is 20.4 Å². The second-order valence-corrected chi connectivity index (χ2v) is 4.56. The van der Waals surface area contributed by atoms with E-state index in [2.05, 4.69) is 15.2 Å². The van der Waals surface area contributed by atoms with E-state index in [9.17, 15) is 0 Å². The summed E-state index contributed by atoms with van der Waals surface area (Å²) in [5, 5.41) is 8.47. The maximum atomic E-state index is 5.61. The molecule has 0 spiro atoms. The van der Waals surface area contributed by atoms with E-state index in [1.807, 2.05) is 48.6 Å². The molecule has 1 aromatic carbocycles. The van der Waals surface area contributed by atoms with E-state index in [0.717, 1.165) is 34.1 Å². The van der Waals surface area contributed by atoms with E-state index in [-0.39, 0.29) is 0 Å². The summed E-state index contributed by atoms with van der Waals surface area (Å²) in [6, 6.07) is 9.97. The van der Waals surface area contributed by atoms with Crippen LogP contribution in [0, 0.1) is 13.8 Å². The Bertz CT molecular complexity index is 727. The number of fused-ring (bicyclic) bond motifs is 1. The summed E-state index contributed by atoms with van der Waals surface area (Å²) in [4.78, 5) is 4.46. The SMILES string of the molecule is Cc1cc2nnc(-c3ccc(CN)cc3)n2c(C)n1. The molecule has 0 aliphatic rings.